The van der Waals surface area contributed by atoms with E-state index in [9.17, 15) is 0 Å². The third-order valence-corrected chi connectivity index (χ3v) is 1.74. The van der Waals surface area contributed by atoms with Gasteiger partial charge in [0.2, 0.25) is 0 Å². The van der Waals surface area contributed by atoms with Gasteiger partial charge in [0.1, 0.15) is 5.75 Å². The Balaban J connectivity index is 0.000000561. The first-order valence-corrected chi connectivity index (χ1v) is 4.75. The molecule has 3 heteroatoms. The molecule has 0 saturated carbocycles. The Morgan fingerprint density at radius 1 is 1.17 bits per heavy atom. The van der Waals surface area contributed by atoms with Crippen molar-refractivity contribution in [3.8, 4) is 5.75 Å². The van der Waals surface area contributed by atoms with Crippen molar-refractivity contribution in [1.29, 1.82) is 0 Å². The third kappa shape index (κ3) is 3.64. The number of nitrogens with two attached hydrogens (primary N) is 1. The predicted molar refractivity (Wildman–Crippen MR) is 54.4 cm³/mol. The number of ether oxygens (including phenoxy) is 1. The van der Waals surface area contributed by atoms with Crippen LogP contribution in [0.3, 0.4) is 0 Å². The van der Waals surface area contributed by atoms with E-state index in [1.54, 1.807) is 7.11 Å². The fraction of sp³-hybridized carbons (Fsp3) is 0.333. The summed E-state index contributed by atoms with van der Waals surface area (Å²) in [5, 5.41) is 5.32. The fourth-order valence-electron chi connectivity index (χ4n) is 0.654. The molecular weight excluding hydrogens is 170 g/mol. The number of methoxy groups -OCH3 is 1. The first-order chi connectivity index (χ1) is 5.86. The maximum atomic E-state index is 5.32. The lowest BCUT2D eigenvalue weighted by Gasteiger charge is -1.98. The quantitative estimate of drug-likeness (QED) is 0.719. The van der Waals surface area contributed by atoms with E-state index in [2.05, 4.69) is 0 Å². The molecule has 12 heavy (non-hydrogen) atoms. The molecule has 68 valence electrons. The number of hydrogen-bond donors (Lipinski definition) is 1. The van der Waals surface area contributed by atoms with Gasteiger partial charge >= 0.3 is 0 Å². The summed E-state index contributed by atoms with van der Waals surface area (Å²) < 4.78 is 4.96. The molecule has 0 bridgehead atoms. The molecule has 0 atom stereocenters. The average molecular weight is 185 g/mol. The monoisotopic (exact) mass is 185 g/mol. The molecule has 1 aromatic carbocycles. The smallest absolute Gasteiger partial charge is 0.118 e. The summed E-state index contributed by atoms with van der Waals surface area (Å²) in [5.41, 5.74) is 0. The van der Waals surface area contributed by atoms with Gasteiger partial charge in [-0.05, 0) is 36.2 Å². The standard InChI is InChI=1S/C7H9NOS.C2H6/c1-9-6-2-4-7(10-8)5-3-6;1-2/h2-5H,8H2,1H3;1-2H3. The van der Waals surface area contributed by atoms with Crippen LogP contribution >= 0.6 is 11.9 Å². The lowest BCUT2D eigenvalue weighted by Crippen LogP contribution is -1.82. The van der Waals surface area contributed by atoms with Gasteiger partial charge in [-0.2, -0.15) is 0 Å². The highest BCUT2D eigenvalue weighted by molar-refractivity contribution is 7.97. The first-order valence-electron chi connectivity index (χ1n) is 3.87. The van der Waals surface area contributed by atoms with E-state index in [4.69, 9.17) is 9.88 Å². The van der Waals surface area contributed by atoms with E-state index in [1.807, 2.05) is 38.1 Å². The second-order valence-electron chi connectivity index (χ2n) is 1.79. The topological polar surface area (TPSA) is 35.2 Å². The molecule has 0 aliphatic carbocycles. The summed E-state index contributed by atoms with van der Waals surface area (Å²) >= 11 is 1.23. The molecule has 2 N–H and O–H groups in total. The van der Waals surface area contributed by atoms with E-state index in [0.29, 0.717) is 0 Å². The Kier molecular flexibility index (Phi) is 6.61. The summed E-state index contributed by atoms with van der Waals surface area (Å²) in [6.07, 6.45) is 0. The van der Waals surface area contributed by atoms with E-state index < -0.39 is 0 Å². The second-order valence-corrected chi connectivity index (χ2v) is 2.50. The van der Waals surface area contributed by atoms with E-state index in [-0.39, 0.29) is 0 Å². The minimum Gasteiger partial charge on any atom is -0.497 e. The van der Waals surface area contributed by atoms with Crippen molar-refractivity contribution in [3.05, 3.63) is 24.3 Å². The van der Waals surface area contributed by atoms with Gasteiger partial charge in [-0.25, -0.2) is 0 Å². The SMILES string of the molecule is CC.COc1ccc(SN)cc1. The van der Waals surface area contributed by atoms with Gasteiger partial charge in [0.05, 0.1) is 7.11 Å². The van der Waals surface area contributed by atoms with Crippen LogP contribution in [0.25, 0.3) is 0 Å². The van der Waals surface area contributed by atoms with Crippen LogP contribution in [0, 0.1) is 0 Å². The highest BCUT2D eigenvalue weighted by Gasteiger charge is 1.90. The van der Waals surface area contributed by atoms with Crippen LogP contribution in [0.1, 0.15) is 13.8 Å². The summed E-state index contributed by atoms with van der Waals surface area (Å²) in [6, 6.07) is 7.61. The molecule has 0 unspecified atom stereocenters. The van der Waals surface area contributed by atoms with Crippen LogP contribution in [0.2, 0.25) is 0 Å². The summed E-state index contributed by atoms with van der Waals surface area (Å²) in [7, 11) is 1.64. The average Bonchev–Trinajstić information content (AvgIpc) is 2.21. The number of benzene rings is 1. The maximum Gasteiger partial charge on any atom is 0.118 e. The lowest BCUT2D eigenvalue weighted by atomic mass is 10.3. The molecule has 0 amide bonds. The van der Waals surface area contributed by atoms with E-state index in [1.165, 1.54) is 11.9 Å². The minimum absolute atomic E-state index is 0.859. The van der Waals surface area contributed by atoms with Crippen LogP contribution in [0.4, 0.5) is 0 Å². The van der Waals surface area contributed by atoms with Gasteiger partial charge in [-0.15, -0.1) is 0 Å². The summed E-state index contributed by atoms with van der Waals surface area (Å²) in [5.74, 6) is 0.859. The number of rotatable bonds is 2. The van der Waals surface area contributed by atoms with Crippen molar-refractivity contribution in [1.82, 2.24) is 0 Å². The molecule has 0 radical (unpaired) electrons. The zero-order valence-corrected chi connectivity index (χ0v) is 8.52. The van der Waals surface area contributed by atoms with Crippen molar-refractivity contribution in [2.45, 2.75) is 18.7 Å². The van der Waals surface area contributed by atoms with Gasteiger partial charge in [0.25, 0.3) is 0 Å². The van der Waals surface area contributed by atoms with Crippen LogP contribution in [0.15, 0.2) is 29.2 Å². The Morgan fingerprint density at radius 3 is 2.00 bits per heavy atom. The van der Waals surface area contributed by atoms with Crippen LogP contribution < -0.4 is 9.88 Å². The van der Waals surface area contributed by atoms with Crippen LogP contribution in [-0.4, -0.2) is 7.11 Å². The van der Waals surface area contributed by atoms with Crippen molar-refractivity contribution < 1.29 is 4.74 Å². The molecule has 1 aromatic rings. The van der Waals surface area contributed by atoms with Crippen LogP contribution in [-0.2, 0) is 0 Å². The third-order valence-electron chi connectivity index (χ3n) is 1.20. The predicted octanol–water partition coefficient (Wildman–Crippen LogP) is 2.69. The molecule has 0 heterocycles. The zero-order chi connectivity index (χ0) is 9.40. The van der Waals surface area contributed by atoms with Gasteiger partial charge in [-0.1, -0.05) is 13.8 Å². The largest absolute Gasteiger partial charge is 0.497 e. The lowest BCUT2D eigenvalue weighted by molar-refractivity contribution is 0.414. The van der Waals surface area contributed by atoms with Gasteiger partial charge in [-0.3, -0.25) is 5.14 Å². The molecular formula is C9H15NOS. The highest BCUT2D eigenvalue weighted by Crippen LogP contribution is 2.16. The maximum absolute atomic E-state index is 5.32. The van der Waals surface area contributed by atoms with Gasteiger partial charge in [0, 0.05) is 4.90 Å². The minimum atomic E-state index is 0.859. The molecule has 1 rings (SSSR count). The van der Waals surface area contributed by atoms with Crippen molar-refractivity contribution in [2.75, 3.05) is 7.11 Å². The van der Waals surface area contributed by atoms with Gasteiger partial charge < -0.3 is 4.74 Å². The Hall–Kier alpha value is -0.670. The summed E-state index contributed by atoms with van der Waals surface area (Å²) in [4.78, 5) is 1.04. The van der Waals surface area contributed by atoms with Crippen molar-refractivity contribution in [2.24, 2.45) is 5.14 Å². The molecule has 0 aromatic heterocycles. The Bertz CT molecular complexity index is 175. The Labute approximate surface area is 78.2 Å². The fourth-order valence-corrected chi connectivity index (χ4v) is 0.948. The Morgan fingerprint density at radius 2 is 1.67 bits per heavy atom. The molecule has 0 spiro atoms. The van der Waals surface area contributed by atoms with E-state index >= 15 is 0 Å². The van der Waals surface area contributed by atoms with Crippen molar-refractivity contribution >= 4 is 11.9 Å². The number of hydrogen-bond acceptors (Lipinski definition) is 3. The molecule has 0 fully saturated rings. The highest BCUT2D eigenvalue weighted by atomic mass is 32.2. The normalized spacial score (nSPS) is 8.33. The first kappa shape index (κ1) is 11.3. The van der Waals surface area contributed by atoms with Gasteiger partial charge in [0.15, 0.2) is 0 Å². The second kappa shape index (κ2) is 7.00. The molecule has 0 aliphatic heterocycles. The van der Waals surface area contributed by atoms with Crippen LogP contribution in [0.5, 0.6) is 5.75 Å². The summed E-state index contributed by atoms with van der Waals surface area (Å²) in [6.45, 7) is 4.00. The van der Waals surface area contributed by atoms with E-state index in [0.717, 1.165) is 10.6 Å². The van der Waals surface area contributed by atoms with Crippen molar-refractivity contribution in [3.63, 3.8) is 0 Å². The molecule has 0 saturated heterocycles. The molecule has 0 aliphatic rings. The molecule has 2 nitrogen and oxygen atoms in total. The zero-order valence-electron chi connectivity index (χ0n) is 7.70.